The first-order chi connectivity index (χ1) is 18.6. The molecule has 0 fully saturated rings. The number of nitro benzene ring substituents is 1. The molecule has 1 aromatic heterocycles. The normalized spacial score (nSPS) is 10.7. The van der Waals surface area contributed by atoms with Gasteiger partial charge in [-0.2, -0.15) is 8.78 Å². The first kappa shape index (κ1) is 26.9. The molecular formula is C25H15F5N2O7. The second kappa shape index (κ2) is 11.1. The van der Waals surface area contributed by atoms with Gasteiger partial charge in [0.1, 0.15) is 18.1 Å². The molecule has 9 nitrogen and oxygen atoms in total. The van der Waals surface area contributed by atoms with Crippen LogP contribution in [0.15, 0.2) is 59.0 Å². The molecule has 202 valence electrons. The molecule has 1 amide bonds. The number of halogens is 5. The van der Waals surface area contributed by atoms with Crippen molar-refractivity contribution in [3.8, 4) is 23.0 Å². The van der Waals surface area contributed by atoms with Gasteiger partial charge in [0, 0.05) is 12.1 Å². The highest BCUT2D eigenvalue weighted by Crippen LogP contribution is 2.35. The molecule has 0 saturated carbocycles. The average molecular weight is 550 g/mol. The summed E-state index contributed by atoms with van der Waals surface area (Å²) >= 11 is 0. The molecule has 39 heavy (non-hydrogen) atoms. The minimum atomic E-state index is -2.34. The predicted octanol–water partition coefficient (Wildman–Crippen LogP) is 6.52. The van der Waals surface area contributed by atoms with Crippen molar-refractivity contribution in [2.75, 3.05) is 12.4 Å². The summed E-state index contributed by atoms with van der Waals surface area (Å²) < 4.78 is 88.2. The number of hydrogen-bond acceptors (Lipinski definition) is 7. The number of benzene rings is 3. The number of rotatable bonds is 9. The maximum atomic E-state index is 13.8. The summed E-state index contributed by atoms with van der Waals surface area (Å²) in [5.74, 6) is -13.4. The zero-order valence-electron chi connectivity index (χ0n) is 19.6. The van der Waals surface area contributed by atoms with Gasteiger partial charge in [-0.15, -0.1) is 0 Å². The first-order valence-electron chi connectivity index (χ1n) is 10.7. The van der Waals surface area contributed by atoms with Crippen molar-refractivity contribution in [1.82, 2.24) is 0 Å². The van der Waals surface area contributed by atoms with Gasteiger partial charge in [-0.25, -0.2) is 13.2 Å². The fraction of sp³-hybridized carbons (Fsp3) is 0.0800. The number of ether oxygens (including phenoxy) is 3. The van der Waals surface area contributed by atoms with Crippen molar-refractivity contribution in [1.29, 1.82) is 0 Å². The first-order valence-corrected chi connectivity index (χ1v) is 10.7. The lowest BCUT2D eigenvalue weighted by Crippen LogP contribution is -2.11. The van der Waals surface area contributed by atoms with E-state index in [4.69, 9.17) is 18.6 Å². The summed E-state index contributed by atoms with van der Waals surface area (Å²) in [4.78, 5) is 23.3. The van der Waals surface area contributed by atoms with E-state index in [0.717, 1.165) is 24.3 Å². The molecule has 0 spiro atoms. The summed E-state index contributed by atoms with van der Waals surface area (Å²) in [6, 6.07) is 12.3. The Morgan fingerprint density at radius 3 is 2.21 bits per heavy atom. The summed E-state index contributed by atoms with van der Waals surface area (Å²) in [6.45, 7) is -0.792. The summed E-state index contributed by atoms with van der Waals surface area (Å²) in [7, 11) is 1.41. The molecular weight excluding hydrogens is 535 g/mol. The molecule has 3 aromatic carbocycles. The highest BCUT2D eigenvalue weighted by Gasteiger charge is 2.27. The minimum Gasteiger partial charge on any atom is -0.493 e. The van der Waals surface area contributed by atoms with Crippen LogP contribution in [0, 0.1) is 39.2 Å². The quantitative estimate of drug-likeness (QED) is 0.0831. The highest BCUT2D eigenvalue weighted by molar-refractivity contribution is 6.02. The van der Waals surface area contributed by atoms with Gasteiger partial charge >= 0.3 is 0 Å². The number of para-hydroxylation sites is 2. The van der Waals surface area contributed by atoms with Crippen LogP contribution < -0.4 is 19.5 Å². The zero-order valence-corrected chi connectivity index (χ0v) is 19.6. The van der Waals surface area contributed by atoms with Gasteiger partial charge < -0.3 is 23.9 Å². The average Bonchev–Trinajstić information content (AvgIpc) is 3.40. The molecule has 1 heterocycles. The van der Waals surface area contributed by atoms with E-state index in [9.17, 15) is 36.9 Å². The molecule has 0 bridgehead atoms. The summed E-state index contributed by atoms with van der Waals surface area (Å²) in [6.07, 6.45) is 0. The van der Waals surface area contributed by atoms with Crippen LogP contribution in [-0.2, 0) is 6.61 Å². The molecule has 0 radical (unpaired) electrons. The number of nitro groups is 1. The van der Waals surface area contributed by atoms with E-state index in [1.54, 1.807) is 24.3 Å². The molecule has 0 atom stereocenters. The molecule has 14 heteroatoms. The maximum Gasteiger partial charge on any atom is 0.291 e. The van der Waals surface area contributed by atoms with E-state index in [1.165, 1.54) is 13.2 Å². The van der Waals surface area contributed by atoms with Crippen LogP contribution in [0.3, 0.4) is 0 Å². The fourth-order valence-corrected chi connectivity index (χ4v) is 3.27. The van der Waals surface area contributed by atoms with Crippen LogP contribution in [0.4, 0.5) is 33.3 Å². The summed E-state index contributed by atoms with van der Waals surface area (Å²) in [5, 5.41) is 13.8. The second-order valence-electron chi connectivity index (χ2n) is 7.63. The van der Waals surface area contributed by atoms with Crippen LogP contribution in [-0.4, -0.2) is 17.9 Å². The standard InChI is InChI=1S/C25H15F5N2O7/c1-36-16-4-2-3-5-17(16)39-15-9-12(8-13(10-15)32(34)35)31-25(33)18-7-6-14(38-18)11-37-24-22(29)20(27)19(26)21(28)23(24)30/h2-10H,11H2,1H3,(H,31,33). The third kappa shape index (κ3) is 5.74. The molecule has 1 N–H and O–H groups in total. The van der Waals surface area contributed by atoms with Crippen molar-refractivity contribution in [2.24, 2.45) is 0 Å². The van der Waals surface area contributed by atoms with E-state index in [2.05, 4.69) is 5.32 Å². The van der Waals surface area contributed by atoms with E-state index in [1.807, 2.05) is 0 Å². The Bertz CT molecular complexity index is 1550. The minimum absolute atomic E-state index is 0.000324. The fourth-order valence-electron chi connectivity index (χ4n) is 3.27. The topological polar surface area (TPSA) is 113 Å². The van der Waals surface area contributed by atoms with Gasteiger partial charge in [0.25, 0.3) is 11.6 Å². The maximum absolute atomic E-state index is 13.8. The van der Waals surface area contributed by atoms with Crippen LogP contribution >= 0.6 is 0 Å². The van der Waals surface area contributed by atoms with Crippen LogP contribution in [0.2, 0.25) is 0 Å². The van der Waals surface area contributed by atoms with Gasteiger partial charge in [0.05, 0.1) is 23.8 Å². The van der Waals surface area contributed by atoms with Gasteiger partial charge in [-0.05, 0) is 24.3 Å². The monoisotopic (exact) mass is 550 g/mol. The Hall–Kier alpha value is -5.14. The number of furan rings is 1. The number of anilines is 1. The molecule has 0 aliphatic carbocycles. The van der Waals surface area contributed by atoms with Crippen LogP contribution in [0.25, 0.3) is 0 Å². The number of nitrogens with one attached hydrogen (secondary N) is 1. The van der Waals surface area contributed by atoms with Crippen LogP contribution in [0.1, 0.15) is 16.3 Å². The Balaban J connectivity index is 1.50. The second-order valence-corrected chi connectivity index (χ2v) is 7.63. The van der Waals surface area contributed by atoms with Crippen LogP contribution in [0.5, 0.6) is 23.0 Å². The molecule has 0 aliphatic rings. The number of amides is 1. The molecule has 4 rings (SSSR count). The number of non-ortho nitro benzene ring substituents is 1. The van der Waals surface area contributed by atoms with Crippen molar-refractivity contribution >= 4 is 17.3 Å². The van der Waals surface area contributed by atoms with E-state index in [0.29, 0.717) is 5.75 Å². The smallest absolute Gasteiger partial charge is 0.291 e. The SMILES string of the molecule is COc1ccccc1Oc1cc(NC(=O)c2ccc(COc3c(F)c(F)c(F)c(F)c3F)o2)cc([N+](=O)[O-])c1. The third-order valence-corrected chi connectivity index (χ3v) is 5.07. The molecule has 4 aromatic rings. The molecule has 0 unspecified atom stereocenters. The zero-order chi connectivity index (χ0) is 28.3. The third-order valence-electron chi connectivity index (χ3n) is 5.07. The Labute approximate surface area is 215 Å². The van der Waals surface area contributed by atoms with E-state index >= 15 is 0 Å². The number of carbonyl (C=O) groups excluding carboxylic acids is 1. The van der Waals surface area contributed by atoms with Crippen molar-refractivity contribution < 1.29 is 50.3 Å². The largest absolute Gasteiger partial charge is 0.493 e. The highest BCUT2D eigenvalue weighted by atomic mass is 19.2. The number of nitrogens with zero attached hydrogens (tertiary/aromatic N) is 1. The number of hydrogen-bond donors (Lipinski definition) is 1. The molecule has 0 saturated heterocycles. The van der Waals surface area contributed by atoms with Gasteiger partial charge in [0.2, 0.25) is 29.1 Å². The Kier molecular flexibility index (Phi) is 7.65. The summed E-state index contributed by atoms with van der Waals surface area (Å²) in [5.41, 5.74) is -0.455. The van der Waals surface area contributed by atoms with Gasteiger partial charge in [-0.3, -0.25) is 14.9 Å². The van der Waals surface area contributed by atoms with Gasteiger partial charge in [0.15, 0.2) is 23.0 Å². The predicted molar refractivity (Wildman–Crippen MR) is 123 cm³/mol. The lowest BCUT2D eigenvalue weighted by atomic mass is 10.2. The Morgan fingerprint density at radius 1 is 0.923 bits per heavy atom. The lowest BCUT2D eigenvalue weighted by molar-refractivity contribution is -0.384. The van der Waals surface area contributed by atoms with Crippen molar-refractivity contribution in [3.05, 3.63) is 105 Å². The van der Waals surface area contributed by atoms with E-state index < -0.39 is 58.0 Å². The Morgan fingerprint density at radius 2 is 1.56 bits per heavy atom. The van der Waals surface area contributed by atoms with E-state index in [-0.39, 0.29) is 28.7 Å². The number of carbonyl (C=O) groups is 1. The van der Waals surface area contributed by atoms with Gasteiger partial charge in [-0.1, -0.05) is 12.1 Å². The van der Waals surface area contributed by atoms with Crippen molar-refractivity contribution in [3.63, 3.8) is 0 Å². The van der Waals surface area contributed by atoms with Crippen molar-refractivity contribution in [2.45, 2.75) is 6.61 Å². The molecule has 0 aliphatic heterocycles. The number of methoxy groups -OCH3 is 1. The lowest BCUT2D eigenvalue weighted by Gasteiger charge is -2.11.